The Balaban J connectivity index is 1.44. The number of nitro benzene ring substituents is 1. The van der Waals surface area contributed by atoms with Crippen LogP contribution in [0.3, 0.4) is 0 Å². The molecule has 184 valence electrons. The molecule has 9 nitrogen and oxygen atoms in total. The number of benzene rings is 2. The monoisotopic (exact) mass is 487 g/mol. The number of amides is 2. The number of hydrogen-bond donors (Lipinski definition) is 0. The fourth-order valence-corrected chi connectivity index (χ4v) is 6.25. The smallest absolute Gasteiger partial charge is 0.269 e. The predicted molar refractivity (Wildman–Crippen MR) is 130 cm³/mol. The first-order chi connectivity index (χ1) is 17.4. The molecule has 5 atom stereocenters. The number of carbonyl (C=O) groups excluding carboxylic acids is 3. The largest absolute Gasteiger partial charge is 0.376 e. The first-order valence-corrected chi connectivity index (χ1v) is 12.2. The molecule has 6 rings (SSSR count). The van der Waals surface area contributed by atoms with Gasteiger partial charge in [0.05, 0.1) is 35.4 Å². The number of likely N-dealkylation sites (tertiary alicyclic amines) is 1. The second kappa shape index (κ2) is 8.37. The fourth-order valence-electron chi connectivity index (χ4n) is 6.25. The van der Waals surface area contributed by atoms with Crippen molar-refractivity contribution in [2.24, 2.45) is 11.8 Å². The van der Waals surface area contributed by atoms with Crippen LogP contribution in [-0.4, -0.2) is 58.8 Å². The lowest BCUT2D eigenvalue weighted by atomic mass is 9.85. The maximum atomic E-state index is 14.0. The summed E-state index contributed by atoms with van der Waals surface area (Å²) in [5.41, 5.74) is 2.90. The minimum atomic E-state index is -0.905. The van der Waals surface area contributed by atoms with Gasteiger partial charge in [-0.05, 0) is 43.5 Å². The molecule has 2 amide bonds. The van der Waals surface area contributed by atoms with Crippen molar-refractivity contribution in [3.05, 3.63) is 75.8 Å². The summed E-state index contributed by atoms with van der Waals surface area (Å²) in [6.07, 6.45) is 3.49. The number of allylic oxidation sites excluding steroid dienone is 1. The van der Waals surface area contributed by atoms with Gasteiger partial charge in [0.15, 0.2) is 5.78 Å². The Morgan fingerprint density at radius 3 is 2.50 bits per heavy atom. The van der Waals surface area contributed by atoms with Crippen LogP contribution in [0.15, 0.2) is 54.6 Å². The minimum Gasteiger partial charge on any atom is -0.376 e. The van der Waals surface area contributed by atoms with Crippen LogP contribution in [0.1, 0.15) is 35.7 Å². The topological polar surface area (TPSA) is 110 Å². The van der Waals surface area contributed by atoms with Gasteiger partial charge in [-0.15, -0.1) is 0 Å². The van der Waals surface area contributed by atoms with E-state index < -0.39 is 28.8 Å². The van der Waals surface area contributed by atoms with Crippen LogP contribution in [0.4, 0.5) is 11.4 Å². The molecule has 0 aromatic heterocycles. The molecule has 0 spiro atoms. The van der Waals surface area contributed by atoms with Crippen molar-refractivity contribution >= 4 is 34.5 Å². The van der Waals surface area contributed by atoms with Gasteiger partial charge < -0.3 is 9.64 Å². The number of nitro groups is 1. The number of para-hydroxylation sites is 1. The van der Waals surface area contributed by atoms with Crippen molar-refractivity contribution in [3.8, 4) is 0 Å². The van der Waals surface area contributed by atoms with E-state index in [1.54, 1.807) is 0 Å². The lowest BCUT2D eigenvalue weighted by molar-refractivity contribution is -0.384. The van der Waals surface area contributed by atoms with E-state index >= 15 is 0 Å². The van der Waals surface area contributed by atoms with Gasteiger partial charge in [-0.25, -0.2) is 0 Å². The van der Waals surface area contributed by atoms with Crippen LogP contribution in [-0.2, 0) is 14.3 Å². The quantitative estimate of drug-likeness (QED) is 0.276. The average Bonchev–Trinajstić information content (AvgIpc) is 3.57. The van der Waals surface area contributed by atoms with Crippen molar-refractivity contribution in [1.29, 1.82) is 0 Å². The summed E-state index contributed by atoms with van der Waals surface area (Å²) in [7, 11) is 0. The Morgan fingerprint density at radius 1 is 1.08 bits per heavy atom. The number of rotatable bonds is 5. The zero-order chi connectivity index (χ0) is 25.1. The summed E-state index contributed by atoms with van der Waals surface area (Å²) in [5.74, 6) is -2.47. The van der Waals surface area contributed by atoms with E-state index in [9.17, 15) is 24.5 Å². The highest BCUT2D eigenvalue weighted by Crippen LogP contribution is 2.50. The van der Waals surface area contributed by atoms with Gasteiger partial charge in [0.1, 0.15) is 6.04 Å². The first-order valence-electron chi connectivity index (χ1n) is 12.2. The number of nitrogens with zero attached hydrogens (tertiary/aromatic N) is 3. The molecule has 2 aromatic rings. The van der Waals surface area contributed by atoms with Gasteiger partial charge in [0.2, 0.25) is 11.8 Å². The van der Waals surface area contributed by atoms with E-state index in [2.05, 4.69) is 0 Å². The van der Waals surface area contributed by atoms with Crippen LogP contribution in [0.5, 0.6) is 0 Å². The molecule has 36 heavy (non-hydrogen) atoms. The van der Waals surface area contributed by atoms with Crippen molar-refractivity contribution in [1.82, 2.24) is 4.90 Å². The van der Waals surface area contributed by atoms with E-state index in [0.29, 0.717) is 6.61 Å². The lowest BCUT2D eigenvalue weighted by Crippen LogP contribution is -2.49. The van der Waals surface area contributed by atoms with Crippen LogP contribution in [0.25, 0.3) is 5.57 Å². The number of anilines is 1. The second-order valence-corrected chi connectivity index (χ2v) is 9.85. The van der Waals surface area contributed by atoms with Gasteiger partial charge >= 0.3 is 0 Å². The summed E-state index contributed by atoms with van der Waals surface area (Å²) in [5, 5.41) is 11.1. The third kappa shape index (κ3) is 3.30. The Bertz CT molecular complexity index is 1310. The standard InChI is InChI=1S/C27H25N3O6/c1-15-13-21-22-23(27(33)28(26(22)32)14-18-5-4-12-36-18)24(29(21)20-7-3-2-6-19(15)20)25(31)16-8-10-17(11-9-16)30(34)35/h2-3,6-11,13,18,21-24H,4-5,12,14H2,1H3/t18-,21+,22-,23-,24+/m0/s1. The molecule has 4 aliphatic heterocycles. The maximum Gasteiger partial charge on any atom is 0.269 e. The molecule has 4 heterocycles. The Labute approximate surface area is 207 Å². The second-order valence-electron chi connectivity index (χ2n) is 9.85. The highest BCUT2D eigenvalue weighted by Gasteiger charge is 2.64. The highest BCUT2D eigenvalue weighted by atomic mass is 16.6. The first kappa shape index (κ1) is 22.6. The van der Waals surface area contributed by atoms with Crippen LogP contribution in [0, 0.1) is 22.0 Å². The number of imide groups is 1. The third-order valence-corrected chi connectivity index (χ3v) is 7.89. The number of ether oxygens (including phenoxy) is 1. The van der Waals surface area contributed by atoms with Crippen molar-refractivity contribution < 1.29 is 24.0 Å². The number of non-ortho nitro benzene ring substituents is 1. The van der Waals surface area contributed by atoms with Crippen molar-refractivity contribution in [2.75, 3.05) is 18.1 Å². The van der Waals surface area contributed by atoms with E-state index in [4.69, 9.17) is 4.74 Å². The number of ketones is 1. The fraction of sp³-hybridized carbons (Fsp3) is 0.370. The Kier molecular flexibility index (Phi) is 5.26. The number of Topliss-reactive ketones (excluding diaryl/α,β-unsaturated/α-hetero) is 1. The van der Waals surface area contributed by atoms with Gasteiger partial charge in [-0.3, -0.25) is 29.4 Å². The van der Waals surface area contributed by atoms with Gasteiger partial charge in [0, 0.05) is 35.6 Å². The van der Waals surface area contributed by atoms with E-state index in [0.717, 1.165) is 29.7 Å². The summed E-state index contributed by atoms with van der Waals surface area (Å²) < 4.78 is 5.69. The molecule has 0 saturated carbocycles. The van der Waals surface area contributed by atoms with Crippen LogP contribution in [0.2, 0.25) is 0 Å². The SMILES string of the molecule is CC1=C[C@@H]2[C@@H]3C(=O)N(C[C@@H]4CCCO4)C(=O)[C@@H]3[C@H](C(=O)c3ccc([N+](=O)[O-])cc3)N2c2ccccc21. The van der Waals surface area contributed by atoms with Gasteiger partial charge in [-0.2, -0.15) is 0 Å². The number of carbonyl (C=O) groups is 3. The predicted octanol–water partition coefficient (Wildman–Crippen LogP) is 3.23. The number of hydrogen-bond acceptors (Lipinski definition) is 7. The normalized spacial score (nSPS) is 28.6. The zero-order valence-corrected chi connectivity index (χ0v) is 19.7. The highest BCUT2D eigenvalue weighted by molar-refractivity contribution is 6.14. The van der Waals surface area contributed by atoms with E-state index in [-0.39, 0.29) is 41.5 Å². The molecule has 3 saturated heterocycles. The Hall–Kier alpha value is -3.85. The van der Waals surface area contributed by atoms with Gasteiger partial charge in [0.25, 0.3) is 5.69 Å². The zero-order valence-electron chi connectivity index (χ0n) is 19.7. The molecule has 4 aliphatic rings. The van der Waals surface area contributed by atoms with E-state index in [1.807, 2.05) is 42.2 Å². The van der Waals surface area contributed by atoms with Gasteiger partial charge in [-0.1, -0.05) is 24.3 Å². The summed E-state index contributed by atoms with van der Waals surface area (Å²) in [4.78, 5) is 55.2. The molecule has 0 N–H and O–H groups in total. The molecule has 9 heteroatoms. The van der Waals surface area contributed by atoms with Crippen molar-refractivity contribution in [3.63, 3.8) is 0 Å². The maximum absolute atomic E-state index is 14.0. The third-order valence-electron chi connectivity index (χ3n) is 7.89. The van der Waals surface area contributed by atoms with E-state index in [1.165, 1.54) is 29.2 Å². The molecule has 3 fully saturated rings. The molecular weight excluding hydrogens is 462 g/mol. The summed E-state index contributed by atoms with van der Waals surface area (Å²) >= 11 is 0. The Morgan fingerprint density at radius 2 is 1.81 bits per heavy atom. The molecule has 2 aromatic carbocycles. The summed E-state index contributed by atoms with van der Waals surface area (Å²) in [6.45, 7) is 2.79. The lowest BCUT2D eigenvalue weighted by Gasteiger charge is -2.38. The molecule has 0 unspecified atom stereocenters. The van der Waals surface area contributed by atoms with Crippen molar-refractivity contribution in [2.45, 2.75) is 38.0 Å². The summed E-state index contributed by atoms with van der Waals surface area (Å²) in [6, 6.07) is 11.7. The minimum absolute atomic E-state index is 0.120. The number of fused-ring (bicyclic) bond motifs is 5. The average molecular weight is 488 g/mol. The molecular formula is C27H25N3O6. The van der Waals surface area contributed by atoms with Crippen LogP contribution >= 0.6 is 0 Å². The van der Waals surface area contributed by atoms with Crippen LogP contribution < -0.4 is 4.90 Å². The molecule has 0 bridgehead atoms. The molecule has 0 radical (unpaired) electrons. The molecule has 0 aliphatic carbocycles.